The minimum atomic E-state index is -0.135. The van der Waals surface area contributed by atoms with Crippen LogP contribution in [-0.4, -0.2) is 38.2 Å². The van der Waals surface area contributed by atoms with Crippen LogP contribution in [0.5, 0.6) is 11.5 Å². The van der Waals surface area contributed by atoms with E-state index >= 15 is 0 Å². The SMILES string of the molecule is CNC(=O)N1C=C(c2ccc(Br)cc2)c2cc(OC)c(OC)cc2C[C@@H]1C. The normalized spacial score (nSPS) is 16.1. The Morgan fingerprint density at radius 1 is 1.15 bits per heavy atom. The van der Waals surface area contributed by atoms with E-state index in [1.54, 1.807) is 26.2 Å². The van der Waals surface area contributed by atoms with Gasteiger partial charge in [0, 0.05) is 29.3 Å². The van der Waals surface area contributed by atoms with Gasteiger partial charge in [0.2, 0.25) is 0 Å². The van der Waals surface area contributed by atoms with Crippen LogP contribution in [0.1, 0.15) is 23.6 Å². The van der Waals surface area contributed by atoms with E-state index in [2.05, 4.69) is 21.2 Å². The Labute approximate surface area is 168 Å². The molecule has 0 fully saturated rings. The fraction of sp³-hybridized carbons (Fsp3) is 0.286. The summed E-state index contributed by atoms with van der Waals surface area (Å²) in [6.45, 7) is 2.04. The van der Waals surface area contributed by atoms with Gasteiger partial charge in [0.1, 0.15) is 0 Å². The maximum absolute atomic E-state index is 12.5. The zero-order chi connectivity index (χ0) is 19.6. The van der Waals surface area contributed by atoms with Crippen LogP contribution in [0, 0.1) is 0 Å². The molecule has 0 unspecified atom stereocenters. The molecule has 1 N–H and O–H groups in total. The molecule has 0 spiro atoms. The minimum Gasteiger partial charge on any atom is -0.493 e. The molecule has 6 heteroatoms. The second kappa shape index (κ2) is 8.05. The molecule has 0 bridgehead atoms. The number of ether oxygens (including phenoxy) is 2. The standard InChI is InChI=1S/C21H23BrN2O3/c1-13-9-15-10-19(26-3)20(27-4)11-17(15)18(12-24(13)21(25)23-2)14-5-7-16(22)8-6-14/h5-8,10-13H,9H2,1-4H3,(H,23,25)/t13-/m0/s1. The number of nitrogens with one attached hydrogen (secondary N) is 1. The third-order valence-electron chi connectivity index (χ3n) is 4.76. The van der Waals surface area contributed by atoms with E-state index in [0.29, 0.717) is 17.9 Å². The number of rotatable bonds is 3. The van der Waals surface area contributed by atoms with Crippen LogP contribution in [0.25, 0.3) is 5.57 Å². The molecular weight excluding hydrogens is 408 g/mol. The highest BCUT2D eigenvalue weighted by atomic mass is 79.9. The van der Waals surface area contributed by atoms with Gasteiger partial charge in [0.25, 0.3) is 0 Å². The van der Waals surface area contributed by atoms with Gasteiger partial charge in [-0.1, -0.05) is 28.1 Å². The summed E-state index contributed by atoms with van der Waals surface area (Å²) in [5.41, 5.74) is 4.13. The molecule has 27 heavy (non-hydrogen) atoms. The minimum absolute atomic E-state index is 0.00486. The van der Waals surface area contributed by atoms with Gasteiger partial charge in [-0.3, -0.25) is 4.90 Å². The van der Waals surface area contributed by atoms with Crippen molar-refractivity contribution in [2.24, 2.45) is 0 Å². The molecule has 5 nitrogen and oxygen atoms in total. The Morgan fingerprint density at radius 2 is 1.78 bits per heavy atom. The van der Waals surface area contributed by atoms with Crippen molar-refractivity contribution in [3.8, 4) is 11.5 Å². The Bertz CT molecular complexity index is 878. The summed E-state index contributed by atoms with van der Waals surface area (Å²) < 4.78 is 12.0. The second-order valence-electron chi connectivity index (χ2n) is 6.43. The summed E-state index contributed by atoms with van der Waals surface area (Å²) in [5.74, 6) is 1.35. The number of carbonyl (C=O) groups is 1. The molecule has 0 saturated carbocycles. The molecule has 1 heterocycles. The molecule has 2 aromatic carbocycles. The molecule has 0 aliphatic carbocycles. The number of methoxy groups -OCH3 is 2. The van der Waals surface area contributed by atoms with Crippen molar-refractivity contribution in [2.45, 2.75) is 19.4 Å². The molecule has 0 radical (unpaired) electrons. The fourth-order valence-corrected chi connectivity index (χ4v) is 3.60. The largest absolute Gasteiger partial charge is 0.493 e. The van der Waals surface area contributed by atoms with E-state index in [4.69, 9.17) is 9.47 Å². The van der Waals surface area contributed by atoms with E-state index in [1.165, 1.54) is 0 Å². The van der Waals surface area contributed by atoms with Crippen LogP contribution >= 0.6 is 15.9 Å². The molecule has 2 amide bonds. The summed E-state index contributed by atoms with van der Waals surface area (Å²) in [6.07, 6.45) is 2.63. The van der Waals surface area contributed by atoms with E-state index in [-0.39, 0.29) is 12.1 Å². The average molecular weight is 431 g/mol. The lowest BCUT2D eigenvalue weighted by Crippen LogP contribution is -2.40. The monoisotopic (exact) mass is 430 g/mol. The molecule has 1 atom stereocenters. The first-order valence-electron chi connectivity index (χ1n) is 8.71. The van der Waals surface area contributed by atoms with Crippen molar-refractivity contribution in [3.63, 3.8) is 0 Å². The Balaban J connectivity index is 2.24. The van der Waals surface area contributed by atoms with Gasteiger partial charge in [-0.2, -0.15) is 0 Å². The number of fused-ring (bicyclic) bond motifs is 1. The summed E-state index contributed by atoms with van der Waals surface area (Å²) in [6, 6.07) is 11.9. The van der Waals surface area contributed by atoms with Crippen LogP contribution in [0.3, 0.4) is 0 Å². The van der Waals surface area contributed by atoms with Crippen molar-refractivity contribution < 1.29 is 14.3 Å². The van der Waals surface area contributed by atoms with E-state index in [1.807, 2.05) is 49.5 Å². The maximum atomic E-state index is 12.5. The third-order valence-corrected chi connectivity index (χ3v) is 5.29. The van der Waals surface area contributed by atoms with Crippen LogP contribution in [0.15, 0.2) is 47.1 Å². The summed E-state index contributed by atoms with van der Waals surface area (Å²) in [7, 11) is 4.91. The van der Waals surface area contributed by atoms with Gasteiger partial charge in [-0.25, -0.2) is 4.79 Å². The first-order chi connectivity index (χ1) is 13.0. The van der Waals surface area contributed by atoms with Gasteiger partial charge < -0.3 is 14.8 Å². The number of hydrogen-bond acceptors (Lipinski definition) is 3. The molecule has 3 rings (SSSR count). The fourth-order valence-electron chi connectivity index (χ4n) is 3.34. The molecule has 1 aliphatic rings. The van der Waals surface area contributed by atoms with E-state index in [9.17, 15) is 4.79 Å². The molecule has 0 aromatic heterocycles. The van der Waals surface area contributed by atoms with Crippen LogP contribution < -0.4 is 14.8 Å². The van der Waals surface area contributed by atoms with Crippen molar-refractivity contribution >= 4 is 27.5 Å². The number of nitrogens with zero attached hydrogens (tertiary/aromatic N) is 1. The first-order valence-corrected chi connectivity index (χ1v) is 9.50. The van der Waals surface area contributed by atoms with E-state index in [0.717, 1.165) is 26.7 Å². The Morgan fingerprint density at radius 3 is 2.37 bits per heavy atom. The topological polar surface area (TPSA) is 50.8 Å². The second-order valence-corrected chi connectivity index (χ2v) is 7.35. The van der Waals surface area contributed by atoms with Crippen molar-refractivity contribution in [1.29, 1.82) is 0 Å². The molecule has 2 aromatic rings. The van der Waals surface area contributed by atoms with Crippen molar-refractivity contribution in [2.75, 3.05) is 21.3 Å². The van der Waals surface area contributed by atoms with Gasteiger partial charge in [0.05, 0.1) is 14.2 Å². The quantitative estimate of drug-likeness (QED) is 0.782. The van der Waals surface area contributed by atoms with Crippen LogP contribution in [0.2, 0.25) is 0 Å². The van der Waals surface area contributed by atoms with Crippen molar-refractivity contribution in [1.82, 2.24) is 10.2 Å². The summed E-state index contributed by atoms with van der Waals surface area (Å²) in [4.78, 5) is 14.2. The average Bonchev–Trinajstić information content (AvgIpc) is 2.82. The lowest BCUT2D eigenvalue weighted by molar-refractivity contribution is 0.205. The van der Waals surface area contributed by atoms with E-state index < -0.39 is 0 Å². The predicted molar refractivity (Wildman–Crippen MR) is 110 cm³/mol. The van der Waals surface area contributed by atoms with Gasteiger partial charge in [-0.05, 0) is 54.3 Å². The van der Waals surface area contributed by atoms with Crippen molar-refractivity contribution in [3.05, 3.63) is 63.8 Å². The summed E-state index contributed by atoms with van der Waals surface area (Å²) >= 11 is 3.48. The van der Waals surface area contributed by atoms with Gasteiger partial charge in [-0.15, -0.1) is 0 Å². The first kappa shape index (κ1) is 19.3. The zero-order valence-electron chi connectivity index (χ0n) is 15.9. The number of urea groups is 1. The Hall–Kier alpha value is -2.47. The predicted octanol–water partition coefficient (Wildman–Crippen LogP) is 4.44. The number of hydrogen-bond donors (Lipinski definition) is 1. The molecular formula is C21H23BrN2O3. The highest BCUT2D eigenvalue weighted by Gasteiger charge is 2.26. The highest BCUT2D eigenvalue weighted by molar-refractivity contribution is 9.10. The molecule has 142 valence electrons. The highest BCUT2D eigenvalue weighted by Crippen LogP contribution is 2.39. The third kappa shape index (κ3) is 3.81. The lowest BCUT2D eigenvalue weighted by atomic mass is 9.92. The molecule has 0 saturated heterocycles. The number of halogens is 1. The number of benzene rings is 2. The Kier molecular flexibility index (Phi) is 5.75. The maximum Gasteiger partial charge on any atom is 0.321 e. The van der Waals surface area contributed by atoms with Crippen LogP contribution in [0.4, 0.5) is 4.79 Å². The zero-order valence-corrected chi connectivity index (χ0v) is 17.5. The van der Waals surface area contributed by atoms with Gasteiger partial charge in [0.15, 0.2) is 11.5 Å². The smallest absolute Gasteiger partial charge is 0.321 e. The van der Waals surface area contributed by atoms with Crippen LogP contribution in [-0.2, 0) is 6.42 Å². The van der Waals surface area contributed by atoms with Gasteiger partial charge >= 0.3 is 6.03 Å². The lowest BCUT2D eigenvalue weighted by Gasteiger charge is -2.24. The summed E-state index contributed by atoms with van der Waals surface area (Å²) in [5, 5.41) is 2.73. The number of carbonyl (C=O) groups excluding carboxylic acids is 1. The number of amides is 2. The molecule has 1 aliphatic heterocycles.